The molecule has 0 fully saturated rings. The summed E-state index contributed by atoms with van der Waals surface area (Å²) < 4.78 is 0. The molecule has 2 rings (SSSR count). The van der Waals surface area contributed by atoms with Crippen LogP contribution < -0.4 is 0 Å². The lowest BCUT2D eigenvalue weighted by Crippen LogP contribution is -1.97. The molecule has 0 aliphatic rings. The van der Waals surface area contributed by atoms with Gasteiger partial charge in [-0.3, -0.25) is 9.89 Å². The third-order valence-electron chi connectivity index (χ3n) is 1.90. The highest BCUT2D eigenvalue weighted by Gasteiger charge is 2.10. The summed E-state index contributed by atoms with van der Waals surface area (Å²) in [7, 11) is 0. The number of nitrogens with zero attached hydrogens (tertiary/aromatic N) is 2. The van der Waals surface area contributed by atoms with Gasteiger partial charge in [0.2, 0.25) is 5.16 Å². The molecule has 2 aromatic heterocycles. The first-order valence-corrected chi connectivity index (χ1v) is 6.40. The Morgan fingerprint density at radius 2 is 2.44 bits per heavy atom. The van der Waals surface area contributed by atoms with Crippen molar-refractivity contribution in [3.8, 4) is 11.4 Å². The second kappa shape index (κ2) is 4.67. The summed E-state index contributed by atoms with van der Waals surface area (Å²) in [6.45, 7) is 2.00. The van der Waals surface area contributed by atoms with Crippen molar-refractivity contribution in [2.45, 2.75) is 12.1 Å². The molecule has 0 spiro atoms. The molecule has 0 bridgehead atoms. The Bertz CT molecular complexity index is 506. The summed E-state index contributed by atoms with van der Waals surface area (Å²) in [6.07, 6.45) is 0. The average molecular weight is 255 g/mol. The van der Waals surface area contributed by atoms with Gasteiger partial charge in [0.15, 0.2) is 5.82 Å². The summed E-state index contributed by atoms with van der Waals surface area (Å²) in [5.74, 6) is -0.213. The van der Waals surface area contributed by atoms with Crippen molar-refractivity contribution in [1.82, 2.24) is 15.2 Å². The van der Waals surface area contributed by atoms with E-state index < -0.39 is 5.97 Å². The van der Waals surface area contributed by atoms with Gasteiger partial charge in [0, 0.05) is 10.9 Å². The minimum atomic E-state index is -0.872. The fourth-order valence-electron chi connectivity index (χ4n) is 1.16. The van der Waals surface area contributed by atoms with Gasteiger partial charge in [0.05, 0.1) is 5.75 Å². The predicted octanol–water partition coefficient (Wildman–Crippen LogP) is 2.02. The van der Waals surface area contributed by atoms with E-state index in [4.69, 9.17) is 5.11 Å². The molecular formula is C9H9N3O2S2. The van der Waals surface area contributed by atoms with Gasteiger partial charge in [0.25, 0.3) is 0 Å². The standard InChI is InChI=1S/C9H9N3O2S2/c1-5-2-15-3-6(5)8-10-9(12-11-8)16-4-7(13)14/h2-3H,4H2,1H3,(H,13,14)(H,10,11,12). The number of aryl methyl sites for hydroxylation is 1. The fourth-order valence-corrected chi connectivity index (χ4v) is 2.51. The van der Waals surface area contributed by atoms with Crippen molar-refractivity contribution in [2.75, 3.05) is 5.75 Å². The van der Waals surface area contributed by atoms with Crippen molar-refractivity contribution >= 4 is 29.1 Å². The maximum Gasteiger partial charge on any atom is 0.313 e. The van der Waals surface area contributed by atoms with E-state index in [0.29, 0.717) is 11.0 Å². The van der Waals surface area contributed by atoms with Gasteiger partial charge >= 0.3 is 5.97 Å². The van der Waals surface area contributed by atoms with Crippen LogP contribution in [0.4, 0.5) is 0 Å². The number of nitrogens with one attached hydrogen (secondary N) is 1. The topological polar surface area (TPSA) is 78.9 Å². The molecular weight excluding hydrogens is 246 g/mol. The van der Waals surface area contributed by atoms with Crippen LogP contribution in [0.15, 0.2) is 15.9 Å². The van der Waals surface area contributed by atoms with Crippen molar-refractivity contribution in [2.24, 2.45) is 0 Å². The molecule has 0 amide bonds. The number of aliphatic carboxylic acids is 1. The van der Waals surface area contributed by atoms with Crippen LogP contribution in [0.1, 0.15) is 5.56 Å². The van der Waals surface area contributed by atoms with E-state index in [1.807, 2.05) is 17.7 Å². The number of carboxylic acid groups (broad SMARTS) is 1. The van der Waals surface area contributed by atoms with E-state index in [1.54, 1.807) is 11.3 Å². The molecule has 2 N–H and O–H groups in total. The lowest BCUT2D eigenvalue weighted by Gasteiger charge is -1.91. The van der Waals surface area contributed by atoms with Crippen LogP contribution >= 0.6 is 23.1 Å². The molecule has 0 atom stereocenters. The van der Waals surface area contributed by atoms with Gasteiger partial charge in [-0.1, -0.05) is 11.8 Å². The maximum atomic E-state index is 10.4. The Balaban J connectivity index is 2.14. The Kier molecular flexibility index (Phi) is 3.25. The first kappa shape index (κ1) is 11.2. The van der Waals surface area contributed by atoms with Crippen molar-refractivity contribution in [3.63, 3.8) is 0 Å². The molecule has 2 aromatic rings. The number of rotatable bonds is 4. The molecule has 0 radical (unpaired) electrons. The van der Waals surface area contributed by atoms with Crippen LogP contribution in [0, 0.1) is 6.92 Å². The zero-order valence-corrected chi connectivity index (χ0v) is 10.1. The smallest absolute Gasteiger partial charge is 0.313 e. The zero-order chi connectivity index (χ0) is 11.5. The number of thiophene rings is 1. The summed E-state index contributed by atoms with van der Waals surface area (Å²) in [4.78, 5) is 14.6. The quantitative estimate of drug-likeness (QED) is 0.817. The normalized spacial score (nSPS) is 10.6. The number of aromatic nitrogens is 3. The van der Waals surface area contributed by atoms with E-state index in [-0.39, 0.29) is 5.75 Å². The van der Waals surface area contributed by atoms with Gasteiger partial charge in [-0.05, 0) is 17.9 Å². The van der Waals surface area contributed by atoms with Crippen LogP contribution in [-0.2, 0) is 4.79 Å². The number of thioether (sulfide) groups is 1. The van der Waals surface area contributed by atoms with Crippen molar-refractivity contribution < 1.29 is 9.90 Å². The van der Waals surface area contributed by atoms with Crippen LogP contribution in [0.2, 0.25) is 0 Å². The Morgan fingerprint density at radius 3 is 3.06 bits per heavy atom. The van der Waals surface area contributed by atoms with Crippen LogP contribution in [0.3, 0.4) is 0 Å². The Morgan fingerprint density at radius 1 is 1.62 bits per heavy atom. The van der Waals surface area contributed by atoms with Crippen LogP contribution in [0.25, 0.3) is 11.4 Å². The number of H-pyrrole nitrogens is 1. The maximum absolute atomic E-state index is 10.4. The molecule has 84 valence electrons. The monoisotopic (exact) mass is 255 g/mol. The molecule has 0 saturated heterocycles. The number of carboxylic acids is 1. The predicted molar refractivity (Wildman–Crippen MR) is 62.8 cm³/mol. The van der Waals surface area contributed by atoms with Crippen LogP contribution in [0.5, 0.6) is 0 Å². The molecule has 0 aromatic carbocycles. The Hall–Kier alpha value is -1.34. The highest BCUT2D eigenvalue weighted by molar-refractivity contribution is 7.99. The molecule has 0 aliphatic carbocycles. The number of carbonyl (C=O) groups is 1. The van der Waals surface area contributed by atoms with Gasteiger partial charge in [-0.15, -0.1) is 5.10 Å². The van der Waals surface area contributed by atoms with Crippen molar-refractivity contribution in [3.05, 3.63) is 16.3 Å². The highest BCUT2D eigenvalue weighted by Crippen LogP contribution is 2.25. The SMILES string of the molecule is Cc1cscc1-c1nc(SCC(=O)O)n[nH]1. The highest BCUT2D eigenvalue weighted by atomic mass is 32.2. The molecule has 7 heteroatoms. The average Bonchev–Trinajstić information content (AvgIpc) is 2.83. The molecule has 5 nitrogen and oxygen atoms in total. The fraction of sp³-hybridized carbons (Fsp3) is 0.222. The first-order valence-electron chi connectivity index (χ1n) is 4.47. The molecule has 0 aliphatic heterocycles. The zero-order valence-electron chi connectivity index (χ0n) is 8.43. The lowest BCUT2D eigenvalue weighted by atomic mass is 10.2. The van der Waals surface area contributed by atoms with E-state index in [2.05, 4.69) is 15.2 Å². The molecule has 0 unspecified atom stereocenters. The number of hydrogen-bond donors (Lipinski definition) is 2. The van der Waals surface area contributed by atoms with E-state index in [0.717, 1.165) is 22.9 Å². The van der Waals surface area contributed by atoms with Gasteiger partial charge < -0.3 is 5.11 Å². The summed E-state index contributed by atoms with van der Waals surface area (Å²) in [5.41, 5.74) is 2.15. The number of hydrogen-bond acceptors (Lipinski definition) is 5. The molecule has 2 heterocycles. The lowest BCUT2D eigenvalue weighted by molar-refractivity contribution is -0.133. The largest absolute Gasteiger partial charge is 0.481 e. The molecule has 16 heavy (non-hydrogen) atoms. The van der Waals surface area contributed by atoms with E-state index in [9.17, 15) is 4.79 Å². The van der Waals surface area contributed by atoms with E-state index >= 15 is 0 Å². The summed E-state index contributed by atoms with van der Waals surface area (Å²) in [6, 6.07) is 0. The van der Waals surface area contributed by atoms with Gasteiger partial charge in [-0.25, -0.2) is 4.98 Å². The van der Waals surface area contributed by atoms with Gasteiger partial charge in [0.1, 0.15) is 0 Å². The number of aromatic amines is 1. The minimum Gasteiger partial charge on any atom is -0.481 e. The second-order valence-corrected chi connectivity index (χ2v) is 4.80. The summed E-state index contributed by atoms with van der Waals surface area (Å²) in [5, 5.41) is 19.8. The van der Waals surface area contributed by atoms with Crippen molar-refractivity contribution in [1.29, 1.82) is 0 Å². The molecule has 0 saturated carbocycles. The Labute approximate surface area is 99.9 Å². The second-order valence-electron chi connectivity index (χ2n) is 3.12. The van der Waals surface area contributed by atoms with Gasteiger partial charge in [-0.2, -0.15) is 11.3 Å². The van der Waals surface area contributed by atoms with E-state index in [1.165, 1.54) is 0 Å². The minimum absolute atomic E-state index is 0.0279. The van der Waals surface area contributed by atoms with Crippen LogP contribution in [-0.4, -0.2) is 32.0 Å². The first-order chi connectivity index (χ1) is 7.66. The third-order valence-corrected chi connectivity index (χ3v) is 3.59. The summed E-state index contributed by atoms with van der Waals surface area (Å²) >= 11 is 2.70. The third kappa shape index (κ3) is 2.42.